The molecule has 0 aliphatic carbocycles. The van der Waals surface area contributed by atoms with Gasteiger partial charge in [-0.05, 0) is 19.1 Å². The highest BCUT2D eigenvalue weighted by atomic mass is 19.4. The van der Waals surface area contributed by atoms with Crippen molar-refractivity contribution in [3.05, 3.63) is 35.7 Å². The number of hydrogen-bond donors (Lipinski definition) is 1. The Kier molecular flexibility index (Phi) is 5.45. The Hall–Kier alpha value is -2.38. The number of pyridine rings is 1. The first-order chi connectivity index (χ1) is 9.74. The Labute approximate surface area is 118 Å². The summed E-state index contributed by atoms with van der Waals surface area (Å²) in [4.78, 5) is 26.9. The number of hydrogen-bond acceptors (Lipinski definition) is 3. The summed E-state index contributed by atoms with van der Waals surface area (Å²) < 4.78 is 37.3. The van der Waals surface area contributed by atoms with E-state index in [1.54, 1.807) is 0 Å². The minimum atomic E-state index is -4.52. The Bertz CT molecular complexity index is 556. The number of carboxylic acid groups (broad SMARTS) is 1. The van der Waals surface area contributed by atoms with Crippen LogP contribution in [0.4, 0.5) is 13.2 Å². The van der Waals surface area contributed by atoms with Crippen LogP contribution < -0.4 is 0 Å². The van der Waals surface area contributed by atoms with Gasteiger partial charge in [-0.2, -0.15) is 13.2 Å². The van der Waals surface area contributed by atoms with Crippen molar-refractivity contribution in [2.24, 2.45) is 0 Å². The van der Waals surface area contributed by atoms with Gasteiger partial charge in [-0.25, -0.2) is 4.79 Å². The molecule has 0 spiro atoms. The van der Waals surface area contributed by atoms with E-state index in [-0.39, 0.29) is 17.8 Å². The molecule has 0 fully saturated rings. The first kappa shape index (κ1) is 16.7. The molecule has 1 aromatic rings. The van der Waals surface area contributed by atoms with E-state index in [9.17, 15) is 22.8 Å². The lowest BCUT2D eigenvalue weighted by Gasteiger charge is -2.22. The molecule has 1 N–H and O–H groups in total. The number of aromatic nitrogens is 1. The molecule has 1 aromatic heterocycles. The number of alkyl halides is 3. The third-order valence-electron chi connectivity index (χ3n) is 2.49. The zero-order valence-electron chi connectivity index (χ0n) is 11.1. The molecule has 114 valence electrons. The quantitative estimate of drug-likeness (QED) is 0.847. The van der Waals surface area contributed by atoms with E-state index in [4.69, 9.17) is 5.11 Å². The van der Waals surface area contributed by atoms with Crippen LogP contribution in [0.1, 0.15) is 23.0 Å². The number of amides is 1. The maximum Gasteiger partial charge on any atom is 0.406 e. The number of nitrogens with zero attached hydrogens (tertiary/aromatic N) is 2. The molecule has 0 saturated heterocycles. The lowest BCUT2D eigenvalue weighted by Crippen LogP contribution is -2.39. The summed E-state index contributed by atoms with van der Waals surface area (Å²) in [5.41, 5.74) is -0.0772. The summed E-state index contributed by atoms with van der Waals surface area (Å²) in [5, 5.41) is 8.56. The van der Waals surface area contributed by atoms with Gasteiger partial charge in [0.05, 0.1) is 0 Å². The number of aliphatic carboxylic acids is 1. The van der Waals surface area contributed by atoms with E-state index in [0.717, 1.165) is 12.2 Å². The summed E-state index contributed by atoms with van der Waals surface area (Å²) in [5.74, 6) is -2.14. The highest BCUT2D eigenvalue weighted by Crippen LogP contribution is 2.19. The van der Waals surface area contributed by atoms with Gasteiger partial charge >= 0.3 is 12.1 Å². The maximum absolute atomic E-state index is 12.4. The van der Waals surface area contributed by atoms with Gasteiger partial charge in [0.1, 0.15) is 12.2 Å². The van der Waals surface area contributed by atoms with E-state index >= 15 is 0 Å². The molecular formula is C13H13F3N2O3. The van der Waals surface area contributed by atoms with Crippen LogP contribution in [0, 0.1) is 0 Å². The summed E-state index contributed by atoms with van der Waals surface area (Å²) >= 11 is 0. The van der Waals surface area contributed by atoms with Gasteiger partial charge in [0, 0.05) is 24.4 Å². The molecule has 1 heterocycles. The van der Waals surface area contributed by atoms with E-state index in [1.807, 2.05) is 0 Å². The standard InChI is InChI=1S/C13H13F3N2O3/c1-2-18(8-13(14,15)16)12(21)11-9(4-3-7-17-11)5-6-10(19)20/h3-7H,2,8H2,1H3,(H,19,20)/b6-5+. The van der Waals surface area contributed by atoms with Crippen LogP contribution in [0.5, 0.6) is 0 Å². The molecular weight excluding hydrogens is 289 g/mol. The molecule has 0 saturated carbocycles. The zero-order chi connectivity index (χ0) is 16.0. The van der Waals surface area contributed by atoms with Crippen LogP contribution >= 0.6 is 0 Å². The van der Waals surface area contributed by atoms with Crippen molar-refractivity contribution in [2.75, 3.05) is 13.1 Å². The first-order valence-corrected chi connectivity index (χ1v) is 5.96. The maximum atomic E-state index is 12.4. The van der Waals surface area contributed by atoms with E-state index in [2.05, 4.69) is 4.98 Å². The van der Waals surface area contributed by atoms with Gasteiger partial charge in [-0.15, -0.1) is 0 Å². The van der Waals surface area contributed by atoms with Gasteiger partial charge in [-0.1, -0.05) is 6.07 Å². The molecule has 0 radical (unpaired) electrons. The Morgan fingerprint density at radius 1 is 1.43 bits per heavy atom. The van der Waals surface area contributed by atoms with E-state index in [0.29, 0.717) is 4.90 Å². The number of carbonyl (C=O) groups excluding carboxylic acids is 1. The molecule has 5 nitrogen and oxygen atoms in total. The fourth-order valence-corrected chi connectivity index (χ4v) is 1.59. The lowest BCUT2D eigenvalue weighted by atomic mass is 10.1. The van der Waals surface area contributed by atoms with Crippen molar-refractivity contribution in [1.82, 2.24) is 9.88 Å². The highest BCUT2D eigenvalue weighted by Gasteiger charge is 2.33. The van der Waals surface area contributed by atoms with Crippen molar-refractivity contribution in [1.29, 1.82) is 0 Å². The zero-order valence-corrected chi connectivity index (χ0v) is 11.1. The second-order valence-corrected chi connectivity index (χ2v) is 4.05. The SMILES string of the molecule is CCN(CC(F)(F)F)C(=O)c1ncccc1/C=C/C(=O)O. The highest BCUT2D eigenvalue weighted by molar-refractivity contribution is 5.97. The van der Waals surface area contributed by atoms with Crippen LogP contribution in [-0.4, -0.2) is 46.1 Å². The van der Waals surface area contributed by atoms with Crippen molar-refractivity contribution in [3.63, 3.8) is 0 Å². The second-order valence-electron chi connectivity index (χ2n) is 4.05. The largest absolute Gasteiger partial charge is 0.478 e. The van der Waals surface area contributed by atoms with Gasteiger partial charge in [0.15, 0.2) is 0 Å². The third-order valence-corrected chi connectivity index (χ3v) is 2.49. The number of halogens is 3. The van der Waals surface area contributed by atoms with Crippen LogP contribution in [0.3, 0.4) is 0 Å². The van der Waals surface area contributed by atoms with Crippen molar-refractivity contribution in [2.45, 2.75) is 13.1 Å². The monoisotopic (exact) mass is 302 g/mol. The van der Waals surface area contributed by atoms with Gasteiger partial charge in [0.25, 0.3) is 5.91 Å². The summed E-state index contributed by atoms with van der Waals surface area (Å²) in [6.07, 6.45) is -1.36. The molecule has 1 amide bonds. The molecule has 0 unspecified atom stereocenters. The van der Waals surface area contributed by atoms with Crippen LogP contribution in [0.2, 0.25) is 0 Å². The topological polar surface area (TPSA) is 70.5 Å². The van der Waals surface area contributed by atoms with Crippen LogP contribution in [-0.2, 0) is 4.79 Å². The summed E-state index contributed by atoms with van der Waals surface area (Å²) in [7, 11) is 0. The average Bonchev–Trinajstić information content (AvgIpc) is 2.41. The molecule has 0 aliphatic rings. The molecule has 0 atom stereocenters. The fraction of sp³-hybridized carbons (Fsp3) is 0.308. The molecule has 0 aliphatic heterocycles. The summed E-state index contributed by atoms with van der Waals surface area (Å²) in [6.45, 7) is -0.114. The predicted molar refractivity (Wildman–Crippen MR) is 68.5 cm³/mol. The Morgan fingerprint density at radius 2 is 2.10 bits per heavy atom. The second kappa shape index (κ2) is 6.87. The Morgan fingerprint density at radius 3 is 2.62 bits per heavy atom. The molecule has 0 aromatic carbocycles. The van der Waals surface area contributed by atoms with Crippen molar-refractivity contribution >= 4 is 18.0 Å². The minimum Gasteiger partial charge on any atom is -0.478 e. The predicted octanol–water partition coefficient (Wildman–Crippen LogP) is 2.20. The minimum absolute atomic E-state index is 0.142. The third kappa shape index (κ3) is 5.25. The van der Waals surface area contributed by atoms with Gasteiger partial charge in [0.2, 0.25) is 0 Å². The van der Waals surface area contributed by atoms with Crippen molar-refractivity contribution < 1.29 is 27.9 Å². The molecule has 21 heavy (non-hydrogen) atoms. The first-order valence-electron chi connectivity index (χ1n) is 5.96. The fourth-order valence-electron chi connectivity index (χ4n) is 1.59. The number of carbonyl (C=O) groups is 2. The van der Waals surface area contributed by atoms with Gasteiger partial charge < -0.3 is 10.0 Å². The average molecular weight is 302 g/mol. The smallest absolute Gasteiger partial charge is 0.406 e. The van der Waals surface area contributed by atoms with Crippen LogP contribution in [0.15, 0.2) is 24.4 Å². The normalized spacial score (nSPS) is 11.6. The Balaban J connectivity index is 3.08. The van der Waals surface area contributed by atoms with Gasteiger partial charge in [-0.3, -0.25) is 9.78 Å². The van der Waals surface area contributed by atoms with E-state index < -0.39 is 24.6 Å². The number of rotatable bonds is 5. The molecule has 8 heteroatoms. The molecule has 1 rings (SSSR count). The molecule has 0 bridgehead atoms. The van der Waals surface area contributed by atoms with Crippen molar-refractivity contribution in [3.8, 4) is 0 Å². The number of carboxylic acids is 1. The summed E-state index contributed by atoms with van der Waals surface area (Å²) in [6, 6.07) is 2.86. The lowest BCUT2D eigenvalue weighted by molar-refractivity contribution is -0.140. The van der Waals surface area contributed by atoms with E-state index in [1.165, 1.54) is 25.3 Å². The van der Waals surface area contributed by atoms with Crippen LogP contribution in [0.25, 0.3) is 6.08 Å².